The zero-order valence-electron chi connectivity index (χ0n) is 14.1. The molecule has 2 aromatic rings. The summed E-state index contributed by atoms with van der Waals surface area (Å²) in [5.74, 6) is -0.405. The molecule has 0 aliphatic heterocycles. The normalized spacial score (nSPS) is 13.6. The van der Waals surface area contributed by atoms with Gasteiger partial charge in [0.1, 0.15) is 11.5 Å². The molecule has 0 aliphatic rings. The molecule has 0 amide bonds. The van der Waals surface area contributed by atoms with Crippen molar-refractivity contribution >= 4 is 6.21 Å². The predicted molar refractivity (Wildman–Crippen MR) is 92.0 cm³/mol. The van der Waals surface area contributed by atoms with E-state index in [-0.39, 0.29) is 0 Å². The fourth-order valence-corrected chi connectivity index (χ4v) is 2.42. The number of allylic oxidation sites excluding steroid dienone is 1. The number of rotatable bonds is 6. The highest BCUT2D eigenvalue weighted by molar-refractivity contribution is 5.79. The average molecular weight is 331 g/mol. The first-order valence-corrected chi connectivity index (χ1v) is 7.74. The zero-order chi connectivity index (χ0) is 17.7. The molecular formula is C17H22FN5O. The Balaban J connectivity index is 2.48. The second-order valence-electron chi connectivity index (χ2n) is 5.44. The average Bonchev–Trinajstić information content (AvgIpc) is 2.91. The van der Waals surface area contributed by atoms with Crippen LogP contribution < -0.4 is 5.73 Å². The Morgan fingerprint density at radius 2 is 2.21 bits per heavy atom. The van der Waals surface area contributed by atoms with Crippen LogP contribution in [-0.4, -0.2) is 32.9 Å². The lowest BCUT2D eigenvalue weighted by molar-refractivity contribution is 0.199. The summed E-state index contributed by atoms with van der Waals surface area (Å²) in [5.41, 5.74) is 8.86. The van der Waals surface area contributed by atoms with E-state index < -0.39 is 11.9 Å². The molecule has 1 heterocycles. The van der Waals surface area contributed by atoms with Gasteiger partial charge in [-0.3, -0.25) is 4.99 Å². The predicted octanol–water partition coefficient (Wildman–Crippen LogP) is 2.15. The molecule has 0 aliphatic carbocycles. The molecule has 7 heteroatoms. The molecule has 0 saturated carbocycles. The van der Waals surface area contributed by atoms with Gasteiger partial charge in [-0.25, -0.2) is 4.39 Å². The van der Waals surface area contributed by atoms with Crippen molar-refractivity contribution in [2.24, 2.45) is 17.8 Å². The number of aromatic nitrogens is 3. The molecule has 2 rings (SSSR count). The molecule has 1 unspecified atom stereocenters. The lowest BCUT2D eigenvalue weighted by Crippen LogP contribution is -2.01. The van der Waals surface area contributed by atoms with Crippen molar-refractivity contribution in [2.45, 2.75) is 26.4 Å². The molecule has 0 fully saturated rings. The minimum absolute atomic E-state index is 0.405. The van der Waals surface area contributed by atoms with Crippen LogP contribution in [0.5, 0.6) is 0 Å². The SMILES string of the molecule is CCN=C/C(=C\N)Cc1nn(C)nc1-c1ccc(F)cc1C(C)O. The van der Waals surface area contributed by atoms with Gasteiger partial charge < -0.3 is 10.8 Å². The standard InChI is InChI=1S/C17H22FN5O/c1-4-20-10-12(9-19)7-16-17(22-23(3)21-16)14-6-5-13(18)8-15(14)11(2)24/h5-6,8-11,24H,4,7,19H2,1-3H3/b12-9-,20-10?. The third-order valence-electron chi connectivity index (χ3n) is 3.53. The first-order valence-electron chi connectivity index (χ1n) is 7.74. The highest BCUT2D eigenvalue weighted by Gasteiger charge is 2.19. The zero-order valence-corrected chi connectivity index (χ0v) is 14.1. The van der Waals surface area contributed by atoms with Crippen molar-refractivity contribution in [1.29, 1.82) is 0 Å². The highest BCUT2D eigenvalue weighted by atomic mass is 19.1. The molecule has 6 nitrogen and oxygen atoms in total. The second-order valence-corrected chi connectivity index (χ2v) is 5.44. The minimum Gasteiger partial charge on any atom is -0.404 e. The number of hydrogen-bond acceptors (Lipinski definition) is 5. The third kappa shape index (κ3) is 4.05. The van der Waals surface area contributed by atoms with Crippen molar-refractivity contribution < 1.29 is 9.50 Å². The lowest BCUT2D eigenvalue weighted by atomic mass is 9.97. The van der Waals surface area contributed by atoms with Crippen LogP contribution in [0.2, 0.25) is 0 Å². The lowest BCUT2D eigenvalue weighted by Gasteiger charge is -2.11. The van der Waals surface area contributed by atoms with Gasteiger partial charge in [-0.1, -0.05) is 0 Å². The first-order chi connectivity index (χ1) is 11.5. The van der Waals surface area contributed by atoms with E-state index in [1.807, 2.05) is 6.92 Å². The van der Waals surface area contributed by atoms with E-state index in [2.05, 4.69) is 15.2 Å². The smallest absolute Gasteiger partial charge is 0.123 e. The summed E-state index contributed by atoms with van der Waals surface area (Å²) in [5, 5.41) is 18.7. The van der Waals surface area contributed by atoms with Gasteiger partial charge in [-0.2, -0.15) is 15.0 Å². The van der Waals surface area contributed by atoms with E-state index in [0.717, 1.165) is 5.57 Å². The number of aryl methyl sites for hydroxylation is 1. The molecule has 1 aromatic carbocycles. The van der Waals surface area contributed by atoms with Gasteiger partial charge in [0, 0.05) is 31.8 Å². The van der Waals surface area contributed by atoms with Crippen molar-refractivity contribution in [3.8, 4) is 11.3 Å². The van der Waals surface area contributed by atoms with E-state index in [1.54, 1.807) is 26.3 Å². The number of hydrogen-bond donors (Lipinski definition) is 2. The number of halogens is 1. The van der Waals surface area contributed by atoms with Crippen LogP contribution in [0.25, 0.3) is 11.3 Å². The number of aliphatic imine (C=N–C) groups is 1. The van der Waals surface area contributed by atoms with E-state index in [1.165, 1.54) is 23.1 Å². The minimum atomic E-state index is -0.822. The van der Waals surface area contributed by atoms with Gasteiger partial charge in [-0.05, 0) is 49.4 Å². The van der Waals surface area contributed by atoms with Gasteiger partial charge in [0.05, 0.1) is 11.8 Å². The Morgan fingerprint density at radius 3 is 2.83 bits per heavy atom. The summed E-state index contributed by atoms with van der Waals surface area (Å²) in [7, 11) is 1.71. The van der Waals surface area contributed by atoms with Crippen LogP contribution in [-0.2, 0) is 13.5 Å². The van der Waals surface area contributed by atoms with Crippen LogP contribution in [0.4, 0.5) is 4.39 Å². The fraction of sp³-hybridized carbons (Fsp3) is 0.353. The van der Waals surface area contributed by atoms with Gasteiger partial charge in [-0.15, -0.1) is 0 Å². The summed E-state index contributed by atoms with van der Waals surface area (Å²) in [6.45, 7) is 4.19. The van der Waals surface area contributed by atoms with Crippen molar-refractivity contribution in [3.63, 3.8) is 0 Å². The van der Waals surface area contributed by atoms with E-state index >= 15 is 0 Å². The van der Waals surface area contributed by atoms with Gasteiger partial charge in [0.15, 0.2) is 0 Å². The number of aliphatic hydroxyl groups is 1. The molecular weight excluding hydrogens is 309 g/mol. The molecule has 0 bridgehead atoms. The molecule has 1 aromatic heterocycles. The molecule has 1 atom stereocenters. The summed E-state index contributed by atoms with van der Waals surface area (Å²) < 4.78 is 13.5. The van der Waals surface area contributed by atoms with E-state index in [9.17, 15) is 9.50 Å². The quantitative estimate of drug-likeness (QED) is 0.794. The number of nitrogens with zero attached hydrogens (tertiary/aromatic N) is 4. The highest BCUT2D eigenvalue weighted by Crippen LogP contribution is 2.30. The maximum atomic E-state index is 13.5. The Morgan fingerprint density at radius 1 is 1.46 bits per heavy atom. The monoisotopic (exact) mass is 331 g/mol. The third-order valence-corrected chi connectivity index (χ3v) is 3.53. The van der Waals surface area contributed by atoms with Gasteiger partial charge in [0.2, 0.25) is 0 Å². The molecule has 0 radical (unpaired) electrons. The van der Waals surface area contributed by atoms with Crippen molar-refractivity contribution in [1.82, 2.24) is 15.0 Å². The van der Waals surface area contributed by atoms with Gasteiger partial charge >= 0.3 is 0 Å². The van der Waals surface area contributed by atoms with Crippen LogP contribution in [0, 0.1) is 5.82 Å². The van der Waals surface area contributed by atoms with Crippen LogP contribution in [0.1, 0.15) is 31.2 Å². The maximum absolute atomic E-state index is 13.5. The largest absolute Gasteiger partial charge is 0.404 e. The van der Waals surface area contributed by atoms with Crippen molar-refractivity contribution in [2.75, 3.05) is 6.54 Å². The molecule has 3 N–H and O–H groups in total. The molecule has 128 valence electrons. The summed E-state index contributed by atoms with van der Waals surface area (Å²) >= 11 is 0. The van der Waals surface area contributed by atoms with Gasteiger partial charge in [0.25, 0.3) is 0 Å². The Hall–Kier alpha value is -2.54. The van der Waals surface area contributed by atoms with Crippen LogP contribution in [0.15, 0.2) is 35.0 Å². The molecule has 0 saturated heterocycles. The van der Waals surface area contributed by atoms with Crippen molar-refractivity contribution in [3.05, 3.63) is 47.0 Å². The Kier molecular flexibility index (Phi) is 5.81. The fourth-order valence-electron chi connectivity index (χ4n) is 2.42. The molecule has 0 spiro atoms. The van der Waals surface area contributed by atoms with Crippen LogP contribution in [0.3, 0.4) is 0 Å². The summed E-state index contributed by atoms with van der Waals surface area (Å²) in [6.07, 6.45) is 2.81. The summed E-state index contributed by atoms with van der Waals surface area (Å²) in [6, 6.07) is 4.27. The summed E-state index contributed by atoms with van der Waals surface area (Å²) in [4.78, 5) is 5.64. The molecule has 24 heavy (non-hydrogen) atoms. The number of aliphatic hydroxyl groups excluding tert-OH is 1. The topological polar surface area (TPSA) is 89.3 Å². The van der Waals surface area contributed by atoms with E-state index in [0.29, 0.717) is 35.5 Å². The number of nitrogens with two attached hydrogens (primary N) is 1. The Bertz CT molecular complexity index is 764. The maximum Gasteiger partial charge on any atom is 0.123 e. The first kappa shape index (κ1) is 17.8. The van der Waals surface area contributed by atoms with E-state index in [4.69, 9.17) is 5.73 Å². The second kappa shape index (κ2) is 7.83. The Labute approximate surface area is 140 Å². The van der Waals surface area contributed by atoms with Crippen LogP contribution >= 0.6 is 0 Å². The number of benzene rings is 1.